The zero-order chi connectivity index (χ0) is 18.5. The topological polar surface area (TPSA) is 61.4 Å². The summed E-state index contributed by atoms with van der Waals surface area (Å²) < 4.78 is 13.7. The van der Waals surface area contributed by atoms with E-state index in [4.69, 9.17) is 0 Å². The van der Waals surface area contributed by atoms with E-state index >= 15 is 0 Å². The normalized spacial score (nSPS) is 14.4. The number of amides is 1. The van der Waals surface area contributed by atoms with Crippen LogP contribution < -0.4 is 10.2 Å². The van der Waals surface area contributed by atoms with Gasteiger partial charge in [-0.05, 0) is 25.5 Å². The van der Waals surface area contributed by atoms with E-state index in [-0.39, 0.29) is 18.1 Å². The Bertz CT molecular complexity index is 774. The van der Waals surface area contributed by atoms with Crippen molar-refractivity contribution in [3.05, 3.63) is 47.4 Å². The maximum absolute atomic E-state index is 13.7. The number of nitrogens with zero attached hydrogens (tertiary/aromatic N) is 4. The number of nitrogens with one attached hydrogen (secondary N) is 1. The van der Waals surface area contributed by atoms with Gasteiger partial charge in [-0.1, -0.05) is 18.2 Å². The van der Waals surface area contributed by atoms with Crippen LogP contribution in [0.25, 0.3) is 0 Å². The standard InChI is InChI=1S/C19H24FN5O/c1-3-21-19-22-14(2)12-17(23-19)24-8-10-25(11-9-24)18(26)13-15-6-4-5-7-16(15)20/h4-7,12H,3,8-11,13H2,1-2H3,(H,21,22,23). The average Bonchev–Trinajstić information content (AvgIpc) is 2.63. The molecule has 138 valence electrons. The molecular formula is C19H24FN5O. The van der Waals surface area contributed by atoms with Gasteiger partial charge in [0.05, 0.1) is 6.42 Å². The molecule has 1 saturated heterocycles. The Morgan fingerprint density at radius 1 is 1.19 bits per heavy atom. The summed E-state index contributed by atoms with van der Waals surface area (Å²) in [6, 6.07) is 8.39. The number of aryl methyl sites for hydroxylation is 1. The first kappa shape index (κ1) is 18.1. The predicted octanol–water partition coefficient (Wildman–Crippen LogP) is 2.25. The van der Waals surface area contributed by atoms with Crippen LogP contribution in [-0.4, -0.2) is 53.5 Å². The zero-order valence-corrected chi connectivity index (χ0v) is 15.2. The van der Waals surface area contributed by atoms with Gasteiger partial charge >= 0.3 is 0 Å². The van der Waals surface area contributed by atoms with Crippen molar-refractivity contribution < 1.29 is 9.18 Å². The highest BCUT2D eigenvalue weighted by atomic mass is 19.1. The number of hydrogen-bond donors (Lipinski definition) is 1. The Balaban J connectivity index is 1.60. The van der Waals surface area contributed by atoms with Gasteiger partial charge < -0.3 is 15.1 Å². The smallest absolute Gasteiger partial charge is 0.227 e. The van der Waals surface area contributed by atoms with E-state index in [1.54, 1.807) is 23.1 Å². The van der Waals surface area contributed by atoms with E-state index < -0.39 is 0 Å². The molecule has 1 fully saturated rings. The highest BCUT2D eigenvalue weighted by Gasteiger charge is 2.23. The van der Waals surface area contributed by atoms with Crippen LogP contribution in [0, 0.1) is 12.7 Å². The van der Waals surface area contributed by atoms with Gasteiger partial charge in [-0.25, -0.2) is 9.37 Å². The molecule has 0 aliphatic carbocycles. The number of hydrogen-bond acceptors (Lipinski definition) is 5. The van der Waals surface area contributed by atoms with Crippen molar-refractivity contribution in [2.75, 3.05) is 42.9 Å². The van der Waals surface area contributed by atoms with Crippen LogP contribution in [0.1, 0.15) is 18.2 Å². The minimum absolute atomic E-state index is 0.0399. The summed E-state index contributed by atoms with van der Waals surface area (Å²) in [7, 11) is 0. The van der Waals surface area contributed by atoms with Gasteiger partial charge in [0.2, 0.25) is 11.9 Å². The highest BCUT2D eigenvalue weighted by molar-refractivity contribution is 5.79. The van der Waals surface area contributed by atoms with Crippen molar-refractivity contribution in [2.45, 2.75) is 20.3 Å². The molecule has 7 heteroatoms. The number of carbonyl (C=O) groups excluding carboxylic acids is 1. The van der Waals surface area contributed by atoms with Crippen molar-refractivity contribution in [3.8, 4) is 0 Å². The minimum atomic E-state index is -0.327. The van der Waals surface area contributed by atoms with Gasteiger partial charge in [0.15, 0.2) is 0 Å². The number of rotatable bonds is 5. The lowest BCUT2D eigenvalue weighted by molar-refractivity contribution is -0.130. The number of carbonyl (C=O) groups is 1. The SMILES string of the molecule is CCNc1nc(C)cc(N2CCN(C(=O)Cc3ccccc3F)CC2)n1. The summed E-state index contributed by atoms with van der Waals surface area (Å²) in [5, 5.41) is 3.14. The summed E-state index contributed by atoms with van der Waals surface area (Å²) in [5.41, 5.74) is 1.35. The quantitative estimate of drug-likeness (QED) is 0.889. The Morgan fingerprint density at radius 2 is 1.92 bits per heavy atom. The average molecular weight is 357 g/mol. The molecule has 1 aromatic heterocycles. The van der Waals surface area contributed by atoms with Gasteiger partial charge in [-0.3, -0.25) is 4.79 Å². The van der Waals surface area contributed by atoms with Gasteiger partial charge in [0.1, 0.15) is 11.6 Å². The van der Waals surface area contributed by atoms with E-state index in [0.29, 0.717) is 37.7 Å². The molecule has 2 aromatic rings. The van der Waals surface area contributed by atoms with Crippen LogP contribution in [-0.2, 0) is 11.2 Å². The number of piperazine rings is 1. The molecule has 1 aromatic carbocycles. The first-order chi connectivity index (χ1) is 12.6. The molecule has 0 spiro atoms. The third-order valence-electron chi connectivity index (χ3n) is 4.43. The van der Waals surface area contributed by atoms with Crippen molar-refractivity contribution in [1.29, 1.82) is 0 Å². The molecule has 3 rings (SSSR count). The largest absolute Gasteiger partial charge is 0.354 e. The summed E-state index contributed by atoms with van der Waals surface area (Å²) >= 11 is 0. The lowest BCUT2D eigenvalue weighted by Gasteiger charge is -2.35. The van der Waals surface area contributed by atoms with Gasteiger partial charge in [0, 0.05) is 44.5 Å². The number of halogens is 1. The molecule has 1 aliphatic rings. The zero-order valence-electron chi connectivity index (χ0n) is 15.2. The second-order valence-corrected chi connectivity index (χ2v) is 6.36. The van der Waals surface area contributed by atoms with Crippen molar-refractivity contribution in [1.82, 2.24) is 14.9 Å². The molecule has 0 saturated carbocycles. The second kappa shape index (κ2) is 8.12. The van der Waals surface area contributed by atoms with Crippen LogP contribution in [0.3, 0.4) is 0 Å². The molecule has 0 atom stereocenters. The second-order valence-electron chi connectivity index (χ2n) is 6.36. The van der Waals surface area contributed by atoms with Crippen LogP contribution >= 0.6 is 0 Å². The van der Waals surface area contributed by atoms with Crippen molar-refractivity contribution in [3.63, 3.8) is 0 Å². The fraction of sp³-hybridized carbons (Fsp3) is 0.421. The van der Waals surface area contributed by atoms with E-state index in [2.05, 4.69) is 20.2 Å². The first-order valence-corrected chi connectivity index (χ1v) is 8.92. The van der Waals surface area contributed by atoms with Crippen LogP contribution in [0.5, 0.6) is 0 Å². The van der Waals surface area contributed by atoms with Gasteiger partial charge in [0.25, 0.3) is 0 Å². The van der Waals surface area contributed by atoms with Crippen molar-refractivity contribution >= 4 is 17.7 Å². The van der Waals surface area contributed by atoms with Gasteiger partial charge in [-0.15, -0.1) is 0 Å². The van der Waals surface area contributed by atoms with Crippen molar-refractivity contribution in [2.24, 2.45) is 0 Å². The Morgan fingerprint density at radius 3 is 2.62 bits per heavy atom. The third-order valence-corrected chi connectivity index (χ3v) is 4.43. The summed E-state index contributed by atoms with van der Waals surface area (Å²) in [4.78, 5) is 25.3. The summed E-state index contributed by atoms with van der Waals surface area (Å²) in [6.45, 7) is 7.32. The number of benzene rings is 1. The Hall–Kier alpha value is -2.70. The molecule has 0 radical (unpaired) electrons. The maximum Gasteiger partial charge on any atom is 0.227 e. The lowest BCUT2D eigenvalue weighted by atomic mass is 10.1. The summed E-state index contributed by atoms with van der Waals surface area (Å²) in [5.74, 6) is 1.13. The fourth-order valence-electron chi connectivity index (χ4n) is 3.05. The van der Waals surface area contributed by atoms with Gasteiger partial charge in [-0.2, -0.15) is 4.98 Å². The highest BCUT2D eigenvalue weighted by Crippen LogP contribution is 2.18. The molecule has 6 nitrogen and oxygen atoms in total. The van der Waals surface area contributed by atoms with Crippen LogP contribution in [0.15, 0.2) is 30.3 Å². The molecule has 26 heavy (non-hydrogen) atoms. The molecule has 1 N–H and O–H groups in total. The molecule has 1 aliphatic heterocycles. The number of anilines is 2. The molecule has 1 amide bonds. The Labute approximate surface area is 153 Å². The maximum atomic E-state index is 13.7. The first-order valence-electron chi connectivity index (χ1n) is 8.92. The lowest BCUT2D eigenvalue weighted by Crippen LogP contribution is -2.49. The number of aromatic nitrogens is 2. The van der Waals surface area contributed by atoms with Crippen LogP contribution in [0.4, 0.5) is 16.2 Å². The summed E-state index contributed by atoms with van der Waals surface area (Å²) in [6.07, 6.45) is 0.101. The van der Waals surface area contributed by atoms with E-state index in [9.17, 15) is 9.18 Å². The van der Waals surface area contributed by atoms with E-state index in [1.165, 1.54) is 6.07 Å². The predicted molar refractivity (Wildman–Crippen MR) is 99.8 cm³/mol. The van der Waals surface area contributed by atoms with E-state index in [0.717, 1.165) is 18.1 Å². The Kier molecular flexibility index (Phi) is 5.65. The monoisotopic (exact) mass is 357 g/mol. The molecule has 2 heterocycles. The molecule has 0 bridgehead atoms. The minimum Gasteiger partial charge on any atom is -0.354 e. The third kappa shape index (κ3) is 4.28. The molecule has 0 unspecified atom stereocenters. The van der Waals surface area contributed by atoms with E-state index in [1.807, 2.05) is 19.9 Å². The van der Waals surface area contributed by atoms with Crippen LogP contribution in [0.2, 0.25) is 0 Å². The fourth-order valence-corrected chi connectivity index (χ4v) is 3.05. The molecular weight excluding hydrogens is 333 g/mol.